The standard InChI is InChI=1S/C21H21ClF3N5O3S/c1-13(14-6-7-16(26-10-14)11-28-34(2,32)33)20(31)27-12-18-9-19(21(23,24)25)29-30(18)17-5-3-4-15(22)8-17/h3-10,13,28H,11-12H2,1-2H3,(H,27,31). The number of benzene rings is 1. The summed E-state index contributed by atoms with van der Waals surface area (Å²) in [6.45, 7) is 1.42. The van der Waals surface area contributed by atoms with Crippen LogP contribution < -0.4 is 10.0 Å². The van der Waals surface area contributed by atoms with Crippen LogP contribution in [0.5, 0.6) is 0 Å². The van der Waals surface area contributed by atoms with E-state index < -0.39 is 33.7 Å². The summed E-state index contributed by atoms with van der Waals surface area (Å²) >= 11 is 5.96. The largest absolute Gasteiger partial charge is 0.435 e. The number of amides is 1. The lowest BCUT2D eigenvalue weighted by molar-refractivity contribution is -0.141. The zero-order valence-electron chi connectivity index (χ0n) is 18.1. The van der Waals surface area contributed by atoms with E-state index in [9.17, 15) is 26.4 Å². The fraction of sp³-hybridized carbons (Fsp3) is 0.286. The van der Waals surface area contributed by atoms with Crippen molar-refractivity contribution in [3.63, 3.8) is 0 Å². The van der Waals surface area contributed by atoms with Gasteiger partial charge in [-0.2, -0.15) is 18.3 Å². The van der Waals surface area contributed by atoms with Gasteiger partial charge in [0.15, 0.2) is 5.69 Å². The summed E-state index contributed by atoms with van der Waals surface area (Å²) in [5, 5.41) is 6.59. The molecule has 2 heterocycles. The summed E-state index contributed by atoms with van der Waals surface area (Å²) in [7, 11) is -3.37. The van der Waals surface area contributed by atoms with Crippen molar-refractivity contribution in [2.45, 2.75) is 32.1 Å². The van der Waals surface area contributed by atoms with Crippen LogP contribution in [0.4, 0.5) is 13.2 Å². The van der Waals surface area contributed by atoms with Crippen LogP contribution in [0.15, 0.2) is 48.7 Å². The van der Waals surface area contributed by atoms with Crippen LogP contribution in [0.3, 0.4) is 0 Å². The molecule has 1 unspecified atom stereocenters. The van der Waals surface area contributed by atoms with Crippen LogP contribution in [0.1, 0.15) is 35.5 Å². The first-order valence-corrected chi connectivity index (χ1v) is 12.2. The summed E-state index contributed by atoms with van der Waals surface area (Å²) in [5.41, 5.74) is 0.373. The topological polar surface area (TPSA) is 106 Å². The molecule has 0 fully saturated rings. The van der Waals surface area contributed by atoms with Crippen molar-refractivity contribution < 1.29 is 26.4 Å². The summed E-state index contributed by atoms with van der Waals surface area (Å²) in [6.07, 6.45) is -2.18. The summed E-state index contributed by atoms with van der Waals surface area (Å²) in [6, 6.07) is 10.3. The second-order valence-corrected chi connectivity index (χ2v) is 9.80. The van der Waals surface area contributed by atoms with E-state index in [-0.39, 0.29) is 18.8 Å². The smallest absolute Gasteiger partial charge is 0.350 e. The Morgan fingerprint density at radius 2 is 1.91 bits per heavy atom. The number of carbonyl (C=O) groups excluding carboxylic acids is 1. The van der Waals surface area contributed by atoms with Gasteiger partial charge in [-0.05, 0) is 42.8 Å². The molecule has 34 heavy (non-hydrogen) atoms. The fourth-order valence-corrected chi connectivity index (χ4v) is 3.59. The van der Waals surface area contributed by atoms with Gasteiger partial charge in [-0.1, -0.05) is 23.7 Å². The number of hydrogen-bond acceptors (Lipinski definition) is 5. The van der Waals surface area contributed by atoms with Crippen LogP contribution >= 0.6 is 11.6 Å². The van der Waals surface area contributed by atoms with Crippen molar-refractivity contribution in [1.29, 1.82) is 0 Å². The highest BCUT2D eigenvalue weighted by atomic mass is 35.5. The van der Waals surface area contributed by atoms with Crippen molar-refractivity contribution in [2.24, 2.45) is 0 Å². The Kier molecular flexibility index (Phi) is 7.64. The van der Waals surface area contributed by atoms with E-state index in [1.165, 1.54) is 12.3 Å². The van der Waals surface area contributed by atoms with Crippen LogP contribution in [0.2, 0.25) is 5.02 Å². The number of nitrogens with zero attached hydrogens (tertiary/aromatic N) is 3. The molecule has 13 heteroatoms. The van der Waals surface area contributed by atoms with E-state index in [2.05, 4.69) is 20.1 Å². The van der Waals surface area contributed by atoms with Gasteiger partial charge in [-0.25, -0.2) is 17.8 Å². The molecule has 0 bridgehead atoms. The minimum absolute atomic E-state index is 0.00865. The minimum Gasteiger partial charge on any atom is -0.350 e. The average molecular weight is 516 g/mol. The van der Waals surface area contributed by atoms with Gasteiger partial charge in [0.25, 0.3) is 0 Å². The molecule has 0 saturated carbocycles. The molecule has 0 aliphatic carbocycles. The summed E-state index contributed by atoms with van der Waals surface area (Å²) in [5.74, 6) is -1.09. The van der Waals surface area contributed by atoms with Gasteiger partial charge in [0.2, 0.25) is 15.9 Å². The Labute approximate surface area is 199 Å². The van der Waals surface area contributed by atoms with E-state index in [4.69, 9.17) is 11.6 Å². The minimum atomic E-state index is -4.66. The van der Waals surface area contributed by atoms with E-state index in [1.807, 2.05) is 0 Å². The third-order valence-corrected chi connectivity index (χ3v) is 5.73. The molecule has 182 valence electrons. The molecular weight excluding hydrogens is 495 g/mol. The second-order valence-electron chi connectivity index (χ2n) is 7.53. The Balaban J connectivity index is 1.73. The van der Waals surface area contributed by atoms with Gasteiger partial charge >= 0.3 is 6.18 Å². The zero-order chi connectivity index (χ0) is 25.1. The number of pyridine rings is 1. The molecule has 2 aromatic heterocycles. The molecule has 0 saturated heterocycles. The maximum absolute atomic E-state index is 13.2. The second kappa shape index (κ2) is 10.1. The molecule has 8 nitrogen and oxygen atoms in total. The summed E-state index contributed by atoms with van der Waals surface area (Å²) < 4.78 is 65.5. The quantitative estimate of drug-likeness (QED) is 0.478. The van der Waals surface area contributed by atoms with E-state index in [1.54, 1.807) is 37.3 Å². The van der Waals surface area contributed by atoms with Crippen molar-refractivity contribution >= 4 is 27.5 Å². The number of aromatic nitrogens is 3. The van der Waals surface area contributed by atoms with Gasteiger partial charge in [-0.3, -0.25) is 9.78 Å². The number of halogens is 4. The predicted octanol–water partition coefficient (Wildman–Crippen LogP) is 3.41. The highest BCUT2D eigenvalue weighted by Crippen LogP contribution is 2.30. The number of nitrogens with one attached hydrogen (secondary N) is 2. The Morgan fingerprint density at radius 1 is 1.18 bits per heavy atom. The number of alkyl halides is 3. The first-order valence-electron chi connectivity index (χ1n) is 9.93. The molecule has 0 spiro atoms. The molecule has 0 radical (unpaired) electrons. The van der Waals surface area contributed by atoms with Gasteiger partial charge in [-0.15, -0.1) is 0 Å². The molecule has 0 aliphatic heterocycles. The maximum Gasteiger partial charge on any atom is 0.435 e. The predicted molar refractivity (Wildman–Crippen MR) is 120 cm³/mol. The van der Waals surface area contributed by atoms with Crippen LogP contribution in [-0.2, 0) is 34.1 Å². The Hall–Kier alpha value is -2.96. The first kappa shape index (κ1) is 25.7. The zero-order valence-corrected chi connectivity index (χ0v) is 19.7. The first-order chi connectivity index (χ1) is 15.8. The van der Waals surface area contributed by atoms with Crippen molar-refractivity contribution in [2.75, 3.05) is 6.26 Å². The Bertz CT molecular complexity index is 1280. The van der Waals surface area contributed by atoms with E-state index >= 15 is 0 Å². The number of carbonyl (C=O) groups is 1. The normalized spacial score (nSPS) is 13.0. The molecular formula is C21H21ClF3N5O3S. The molecule has 2 N–H and O–H groups in total. The lowest BCUT2D eigenvalue weighted by atomic mass is 10.0. The highest BCUT2D eigenvalue weighted by molar-refractivity contribution is 7.88. The molecule has 1 aromatic carbocycles. The molecule has 1 atom stereocenters. The van der Waals surface area contributed by atoms with Crippen LogP contribution in [0, 0.1) is 0 Å². The third-order valence-electron chi connectivity index (χ3n) is 4.83. The van der Waals surface area contributed by atoms with Crippen molar-refractivity contribution in [1.82, 2.24) is 24.8 Å². The monoisotopic (exact) mass is 515 g/mol. The number of hydrogen-bond donors (Lipinski definition) is 2. The molecule has 0 aliphatic rings. The van der Waals surface area contributed by atoms with Gasteiger partial charge < -0.3 is 5.32 Å². The molecule has 1 amide bonds. The SMILES string of the molecule is CC(C(=O)NCc1cc(C(F)(F)F)nn1-c1cccc(Cl)c1)c1ccc(CNS(C)(=O)=O)nc1. The highest BCUT2D eigenvalue weighted by Gasteiger charge is 2.35. The van der Waals surface area contributed by atoms with Gasteiger partial charge in [0, 0.05) is 11.2 Å². The number of sulfonamides is 1. The fourth-order valence-electron chi connectivity index (χ4n) is 3.00. The van der Waals surface area contributed by atoms with Crippen molar-refractivity contribution in [3.8, 4) is 5.69 Å². The van der Waals surface area contributed by atoms with Crippen LogP contribution in [0.25, 0.3) is 5.69 Å². The molecule has 3 rings (SSSR count). The van der Waals surface area contributed by atoms with E-state index in [0.717, 1.165) is 17.0 Å². The Morgan fingerprint density at radius 3 is 2.50 bits per heavy atom. The van der Waals surface area contributed by atoms with Crippen molar-refractivity contribution in [3.05, 3.63) is 76.3 Å². The molecule has 3 aromatic rings. The van der Waals surface area contributed by atoms with Gasteiger partial charge in [0.1, 0.15) is 0 Å². The van der Waals surface area contributed by atoms with E-state index in [0.29, 0.717) is 22.0 Å². The maximum atomic E-state index is 13.2. The number of rotatable bonds is 8. The average Bonchev–Trinajstić information content (AvgIpc) is 3.20. The summed E-state index contributed by atoms with van der Waals surface area (Å²) in [4.78, 5) is 16.8. The van der Waals surface area contributed by atoms with Crippen LogP contribution in [-0.4, -0.2) is 35.3 Å². The third kappa shape index (κ3) is 6.78. The lowest BCUT2D eigenvalue weighted by Gasteiger charge is -2.14. The lowest BCUT2D eigenvalue weighted by Crippen LogP contribution is -2.28. The van der Waals surface area contributed by atoms with Gasteiger partial charge in [0.05, 0.1) is 42.3 Å².